The maximum atomic E-state index is 13.0. The molecule has 0 unspecified atom stereocenters. The van der Waals surface area contributed by atoms with Crippen molar-refractivity contribution in [3.8, 4) is 0 Å². The molecule has 5 heteroatoms. The smallest absolute Gasteiger partial charge is 0.225 e. The van der Waals surface area contributed by atoms with Gasteiger partial charge in [-0.1, -0.05) is 36.4 Å². The van der Waals surface area contributed by atoms with Crippen LogP contribution in [0.15, 0.2) is 54.6 Å². The van der Waals surface area contributed by atoms with Crippen molar-refractivity contribution >= 4 is 11.8 Å². The van der Waals surface area contributed by atoms with Crippen LogP contribution in [0.1, 0.15) is 22.4 Å². The van der Waals surface area contributed by atoms with Gasteiger partial charge in [0.05, 0.1) is 0 Å². The molecular weight excluding hydrogens is 315 g/mol. The lowest BCUT2D eigenvalue weighted by molar-refractivity contribution is 0.627. The maximum absolute atomic E-state index is 13.0. The third-order valence-electron chi connectivity index (χ3n) is 3.94. The highest BCUT2D eigenvalue weighted by atomic mass is 19.1. The van der Waals surface area contributed by atoms with Crippen LogP contribution >= 0.6 is 0 Å². The van der Waals surface area contributed by atoms with Crippen molar-refractivity contribution in [3.63, 3.8) is 0 Å². The van der Waals surface area contributed by atoms with E-state index >= 15 is 0 Å². The van der Waals surface area contributed by atoms with E-state index < -0.39 is 0 Å². The number of aromatic nitrogens is 2. The molecule has 0 aliphatic rings. The van der Waals surface area contributed by atoms with Gasteiger partial charge in [-0.15, -0.1) is 0 Å². The largest absolute Gasteiger partial charge is 0.366 e. The van der Waals surface area contributed by atoms with Gasteiger partial charge in [-0.3, -0.25) is 0 Å². The van der Waals surface area contributed by atoms with Crippen LogP contribution in [0, 0.1) is 19.7 Å². The van der Waals surface area contributed by atoms with Crippen molar-refractivity contribution in [2.75, 3.05) is 10.6 Å². The molecule has 1 aromatic heterocycles. The third kappa shape index (κ3) is 4.76. The van der Waals surface area contributed by atoms with Crippen LogP contribution in [0.4, 0.5) is 16.2 Å². The van der Waals surface area contributed by atoms with Crippen molar-refractivity contribution in [2.45, 2.75) is 26.9 Å². The molecule has 1 heterocycles. The molecule has 0 fully saturated rings. The molecule has 4 nitrogen and oxygen atoms in total. The summed E-state index contributed by atoms with van der Waals surface area (Å²) >= 11 is 0. The van der Waals surface area contributed by atoms with Crippen LogP contribution in [-0.2, 0) is 13.1 Å². The minimum atomic E-state index is -0.232. The summed E-state index contributed by atoms with van der Waals surface area (Å²) in [7, 11) is 0. The Labute approximate surface area is 147 Å². The monoisotopic (exact) mass is 336 g/mol. The fraction of sp³-hybridized carbons (Fsp3) is 0.200. The zero-order valence-corrected chi connectivity index (χ0v) is 14.4. The third-order valence-corrected chi connectivity index (χ3v) is 3.94. The van der Waals surface area contributed by atoms with Crippen molar-refractivity contribution in [3.05, 3.63) is 82.8 Å². The van der Waals surface area contributed by atoms with Crippen LogP contribution in [0.2, 0.25) is 0 Å². The van der Waals surface area contributed by atoms with Crippen LogP contribution in [0.5, 0.6) is 0 Å². The number of nitrogens with one attached hydrogen (secondary N) is 2. The molecule has 0 amide bonds. The molecule has 2 aromatic carbocycles. The Hall–Kier alpha value is -2.95. The van der Waals surface area contributed by atoms with E-state index in [0.717, 1.165) is 17.1 Å². The highest BCUT2D eigenvalue weighted by Crippen LogP contribution is 2.14. The molecule has 128 valence electrons. The molecule has 0 spiro atoms. The Bertz CT molecular complexity index is 847. The predicted molar refractivity (Wildman–Crippen MR) is 99.0 cm³/mol. The minimum Gasteiger partial charge on any atom is -0.366 e. The fourth-order valence-corrected chi connectivity index (χ4v) is 2.52. The van der Waals surface area contributed by atoms with E-state index in [4.69, 9.17) is 0 Å². The first-order chi connectivity index (χ1) is 12.1. The quantitative estimate of drug-likeness (QED) is 0.698. The van der Waals surface area contributed by atoms with Gasteiger partial charge in [0.15, 0.2) is 0 Å². The lowest BCUT2D eigenvalue weighted by Crippen LogP contribution is -2.08. The van der Waals surface area contributed by atoms with E-state index in [0.29, 0.717) is 19.0 Å². The maximum Gasteiger partial charge on any atom is 0.225 e. The highest BCUT2D eigenvalue weighted by molar-refractivity contribution is 5.43. The van der Waals surface area contributed by atoms with Crippen LogP contribution in [0.3, 0.4) is 0 Å². The number of benzene rings is 2. The van der Waals surface area contributed by atoms with Crippen molar-refractivity contribution in [1.82, 2.24) is 9.97 Å². The number of aryl methyl sites for hydroxylation is 2. The normalized spacial score (nSPS) is 10.5. The molecule has 25 heavy (non-hydrogen) atoms. The average Bonchev–Trinajstić information content (AvgIpc) is 2.60. The van der Waals surface area contributed by atoms with Crippen LogP contribution in [0.25, 0.3) is 0 Å². The Balaban J connectivity index is 1.65. The molecular formula is C20H21FN4. The number of hydrogen-bond acceptors (Lipinski definition) is 4. The van der Waals surface area contributed by atoms with E-state index in [-0.39, 0.29) is 5.82 Å². The summed E-state index contributed by atoms with van der Waals surface area (Å²) in [5.74, 6) is 1.10. The summed E-state index contributed by atoms with van der Waals surface area (Å²) in [6.45, 7) is 5.27. The van der Waals surface area contributed by atoms with Gasteiger partial charge in [0.25, 0.3) is 0 Å². The van der Waals surface area contributed by atoms with E-state index in [9.17, 15) is 4.39 Å². The lowest BCUT2D eigenvalue weighted by atomic mass is 10.1. The first-order valence-electron chi connectivity index (χ1n) is 8.22. The minimum absolute atomic E-state index is 0.232. The van der Waals surface area contributed by atoms with E-state index in [1.165, 1.54) is 23.3 Å². The van der Waals surface area contributed by atoms with Gasteiger partial charge in [-0.2, -0.15) is 4.98 Å². The van der Waals surface area contributed by atoms with Gasteiger partial charge in [-0.05, 0) is 42.7 Å². The second-order valence-corrected chi connectivity index (χ2v) is 5.98. The fourth-order valence-electron chi connectivity index (χ4n) is 2.52. The van der Waals surface area contributed by atoms with E-state index in [2.05, 4.69) is 39.7 Å². The Morgan fingerprint density at radius 1 is 0.880 bits per heavy atom. The molecule has 0 bridgehead atoms. The Morgan fingerprint density at radius 2 is 1.64 bits per heavy atom. The van der Waals surface area contributed by atoms with Gasteiger partial charge < -0.3 is 10.6 Å². The topological polar surface area (TPSA) is 49.8 Å². The molecule has 3 aromatic rings. The van der Waals surface area contributed by atoms with Gasteiger partial charge in [0.2, 0.25) is 5.95 Å². The molecule has 0 saturated heterocycles. The van der Waals surface area contributed by atoms with Crippen molar-refractivity contribution in [2.24, 2.45) is 0 Å². The second kappa shape index (κ2) is 7.75. The number of halogens is 1. The Morgan fingerprint density at radius 3 is 2.40 bits per heavy atom. The van der Waals surface area contributed by atoms with E-state index in [1.807, 2.05) is 25.1 Å². The molecule has 3 rings (SSSR count). The summed E-state index contributed by atoms with van der Waals surface area (Å²) in [6, 6.07) is 16.5. The van der Waals surface area contributed by atoms with Crippen LogP contribution in [-0.4, -0.2) is 9.97 Å². The number of rotatable bonds is 6. The number of hydrogen-bond donors (Lipinski definition) is 2. The summed E-state index contributed by atoms with van der Waals surface area (Å²) < 4.78 is 13.0. The van der Waals surface area contributed by atoms with Crippen molar-refractivity contribution in [1.29, 1.82) is 0 Å². The second-order valence-electron chi connectivity index (χ2n) is 5.98. The highest BCUT2D eigenvalue weighted by Gasteiger charge is 2.04. The molecule has 0 saturated carbocycles. The SMILES string of the molecule is Cc1cc(NCc2ccc(F)cc2)nc(NCc2ccccc2C)n1. The van der Waals surface area contributed by atoms with Gasteiger partial charge in [0, 0.05) is 24.8 Å². The standard InChI is InChI=1S/C20H21FN4/c1-14-5-3-4-6-17(14)13-23-20-24-15(2)11-19(25-20)22-12-16-7-9-18(21)10-8-16/h3-11H,12-13H2,1-2H3,(H2,22,23,24,25). The van der Waals surface area contributed by atoms with Gasteiger partial charge >= 0.3 is 0 Å². The van der Waals surface area contributed by atoms with Gasteiger partial charge in [0.1, 0.15) is 11.6 Å². The van der Waals surface area contributed by atoms with E-state index in [1.54, 1.807) is 12.1 Å². The first kappa shape index (κ1) is 16.9. The first-order valence-corrected chi connectivity index (χ1v) is 8.22. The molecule has 0 aliphatic heterocycles. The summed E-state index contributed by atoms with van der Waals surface area (Å²) in [5, 5.41) is 6.53. The molecule has 0 aliphatic carbocycles. The number of nitrogens with zero attached hydrogens (tertiary/aromatic N) is 2. The summed E-state index contributed by atoms with van der Waals surface area (Å²) in [4.78, 5) is 8.94. The molecule has 0 atom stereocenters. The van der Waals surface area contributed by atoms with Crippen molar-refractivity contribution < 1.29 is 4.39 Å². The van der Waals surface area contributed by atoms with Crippen LogP contribution < -0.4 is 10.6 Å². The lowest BCUT2D eigenvalue weighted by Gasteiger charge is -2.11. The number of anilines is 2. The predicted octanol–water partition coefficient (Wildman–Crippen LogP) is 4.46. The molecule has 2 N–H and O–H groups in total. The zero-order valence-electron chi connectivity index (χ0n) is 14.4. The summed E-state index contributed by atoms with van der Waals surface area (Å²) in [6.07, 6.45) is 0. The van der Waals surface area contributed by atoms with Gasteiger partial charge in [-0.25, -0.2) is 9.37 Å². The molecule has 0 radical (unpaired) electrons. The summed E-state index contributed by atoms with van der Waals surface area (Å²) in [5.41, 5.74) is 4.32. The Kier molecular flexibility index (Phi) is 5.23. The zero-order chi connectivity index (χ0) is 17.6. The average molecular weight is 336 g/mol.